The number of ether oxygens (including phenoxy) is 2. The van der Waals surface area contributed by atoms with Crippen LogP contribution >= 0.6 is 0 Å². The Hall–Kier alpha value is -2.12. The van der Waals surface area contributed by atoms with Gasteiger partial charge in [-0.1, -0.05) is 6.92 Å². The molecule has 1 N–H and O–H groups in total. The number of hydrogen-bond acceptors (Lipinski definition) is 6. The highest BCUT2D eigenvalue weighted by Crippen LogP contribution is 2.09. The highest BCUT2D eigenvalue weighted by molar-refractivity contribution is 5.92. The van der Waals surface area contributed by atoms with Crippen LogP contribution in [0.5, 0.6) is 0 Å². The molecule has 0 radical (unpaired) electrons. The summed E-state index contributed by atoms with van der Waals surface area (Å²) >= 11 is 0. The first-order chi connectivity index (χ1) is 10.8. The molecule has 8 heteroatoms. The lowest BCUT2D eigenvalue weighted by atomic mass is 10.1. The number of methoxy groups -OCH3 is 1. The first-order valence-corrected chi connectivity index (χ1v) is 7.59. The molecule has 0 heterocycles. The van der Waals surface area contributed by atoms with Gasteiger partial charge in [-0.05, 0) is 20.3 Å². The predicted octanol–water partition coefficient (Wildman–Crippen LogP) is 0.244. The van der Waals surface area contributed by atoms with Crippen molar-refractivity contribution in [2.45, 2.75) is 52.6 Å². The van der Waals surface area contributed by atoms with Gasteiger partial charge in [0, 0.05) is 13.5 Å². The Morgan fingerprint density at radius 3 is 2.22 bits per heavy atom. The summed E-state index contributed by atoms with van der Waals surface area (Å²) in [5.41, 5.74) is 0. The maximum absolute atomic E-state index is 12.7. The van der Waals surface area contributed by atoms with Crippen LogP contribution in [0.1, 0.15) is 40.5 Å². The minimum absolute atomic E-state index is 0.203. The van der Waals surface area contributed by atoms with Gasteiger partial charge in [0.05, 0.1) is 20.1 Å². The molecule has 0 aromatic rings. The van der Waals surface area contributed by atoms with Crippen LogP contribution in [0.2, 0.25) is 0 Å². The lowest BCUT2D eigenvalue weighted by molar-refractivity contribution is -0.155. The summed E-state index contributed by atoms with van der Waals surface area (Å²) in [7, 11) is 1.20. The zero-order chi connectivity index (χ0) is 18.0. The third kappa shape index (κ3) is 7.12. The average molecular weight is 330 g/mol. The first kappa shape index (κ1) is 20.9. The van der Waals surface area contributed by atoms with Crippen molar-refractivity contribution in [3.8, 4) is 0 Å². The molecule has 2 atom stereocenters. The maximum Gasteiger partial charge on any atom is 0.328 e. The van der Waals surface area contributed by atoms with Crippen LogP contribution < -0.4 is 5.32 Å². The third-order valence-electron chi connectivity index (χ3n) is 3.12. The monoisotopic (exact) mass is 330 g/mol. The topological polar surface area (TPSA) is 102 Å². The Morgan fingerprint density at radius 1 is 1.17 bits per heavy atom. The lowest BCUT2D eigenvalue weighted by Gasteiger charge is -2.30. The molecule has 0 aromatic carbocycles. The second-order valence-corrected chi connectivity index (χ2v) is 4.99. The van der Waals surface area contributed by atoms with Gasteiger partial charge in [0.25, 0.3) is 0 Å². The normalized spacial score (nSPS) is 12.7. The van der Waals surface area contributed by atoms with E-state index in [0.29, 0.717) is 13.0 Å². The number of nitrogens with one attached hydrogen (secondary N) is 1. The van der Waals surface area contributed by atoms with Crippen LogP contribution in [0.15, 0.2) is 0 Å². The van der Waals surface area contributed by atoms with E-state index in [1.165, 1.54) is 18.9 Å². The fraction of sp³-hybridized carbons (Fsp3) is 0.733. The molecule has 2 amide bonds. The van der Waals surface area contributed by atoms with Crippen molar-refractivity contribution in [3.63, 3.8) is 0 Å². The number of nitrogens with zero attached hydrogens (tertiary/aromatic N) is 1. The van der Waals surface area contributed by atoms with E-state index < -0.39 is 35.8 Å². The second kappa shape index (κ2) is 10.6. The number of esters is 2. The van der Waals surface area contributed by atoms with Gasteiger partial charge in [-0.2, -0.15) is 0 Å². The summed E-state index contributed by atoms with van der Waals surface area (Å²) in [6.45, 7) is 6.83. The second-order valence-electron chi connectivity index (χ2n) is 4.99. The van der Waals surface area contributed by atoms with E-state index in [-0.39, 0.29) is 13.0 Å². The standard InChI is InChI=1S/C15H26N2O6/c1-6-8-17(10(3)15(21)23-7-2)14(20)12(16-11(4)18)9-13(19)22-5/h10,12H,6-9H2,1-5H3,(H,16,18). The number of carbonyl (C=O) groups is 4. The van der Waals surface area contributed by atoms with Crippen molar-refractivity contribution in [1.29, 1.82) is 0 Å². The Morgan fingerprint density at radius 2 is 1.78 bits per heavy atom. The summed E-state index contributed by atoms with van der Waals surface area (Å²) < 4.78 is 9.48. The largest absolute Gasteiger partial charge is 0.469 e. The lowest BCUT2D eigenvalue weighted by Crippen LogP contribution is -2.54. The van der Waals surface area contributed by atoms with Gasteiger partial charge in [0.1, 0.15) is 12.1 Å². The van der Waals surface area contributed by atoms with E-state index in [4.69, 9.17) is 4.74 Å². The fourth-order valence-corrected chi connectivity index (χ4v) is 2.02. The highest BCUT2D eigenvalue weighted by Gasteiger charge is 2.33. The molecular formula is C15H26N2O6. The molecular weight excluding hydrogens is 304 g/mol. The Bertz CT molecular complexity index is 438. The van der Waals surface area contributed by atoms with Crippen LogP contribution in [0.3, 0.4) is 0 Å². The Kier molecular flexibility index (Phi) is 9.60. The van der Waals surface area contributed by atoms with Gasteiger partial charge in [0.15, 0.2) is 0 Å². The van der Waals surface area contributed by atoms with Crippen LogP contribution in [0.4, 0.5) is 0 Å². The van der Waals surface area contributed by atoms with E-state index in [9.17, 15) is 19.2 Å². The molecule has 0 aromatic heterocycles. The van der Waals surface area contributed by atoms with Crippen molar-refractivity contribution in [2.24, 2.45) is 0 Å². The van der Waals surface area contributed by atoms with Gasteiger partial charge >= 0.3 is 11.9 Å². The minimum atomic E-state index is -1.08. The fourth-order valence-electron chi connectivity index (χ4n) is 2.02. The van der Waals surface area contributed by atoms with E-state index >= 15 is 0 Å². The van der Waals surface area contributed by atoms with Gasteiger partial charge in [-0.3, -0.25) is 14.4 Å². The molecule has 0 saturated carbocycles. The predicted molar refractivity (Wildman–Crippen MR) is 82.3 cm³/mol. The molecule has 2 unspecified atom stereocenters. The van der Waals surface area contributed by atoms with E-state index in [1.807, 2.05) is 6.92 Å². The molecule has 0 saturated heterocycles. The van der Waals surface area contributed by atoms with Crippen LogP contribution in [0, 0.1) is 0 Å². The van der Waals surface area contributed by atoms with E-state index in [0.717, 1.165) is 0 Å². The number of amides is 2. The van der Waals surface area contributed by atoms with Gasteiger partial charge in [0.2, 0.25) is 11.8 Å². The van der Waals surface area contributed by atoms with Gasteiger partial charge in [-0.15, -0.1) is 0 Å². The minimum Gasteiger partial charge on any atom is -0.469 e. The van der Waals surface area contributed by atoms with Crippen LogP contribution in [-0.2, 0) is 28.7 Å². The van der Waals surface area contributed by atoms with Crippen molar-refractivity contribution < 1.29 is 28.7 Å². The summed E-state index contributed by atoms with van der Waals surface area (Å²) in [4.78, 5) is 48.6. The molecule has 132 valence electrons. The molecule has 0 aliphatic carbocycles. The molecule has 0 aliphatic rings. The van der Waals surface area contributed by atoms with Gasteiger partial charge in [-0.25, -0.2) is 4.79 Å². The number of rotatable bonds is 9. The maximum atomic E-state index is 12.7. The van der Waals surface area contributed by atoms with Crippen molar-refractivity contribution >= 4 is 23.8 Å². The number of hydrogen-bond donors (Lipinski definition) is 1. The molecule has 0 fully saturated rings. The molecule has 0 spiro atoms. The van der Waals surface area contributed by atoms with E-state index in [2.05, 4.69) is 10.1 Å². The van der Waals surface area contributed by atoms with Gasteiger partial charge < -0.3 is 19.7 Å². The zero-order valence-electron chi connectivity index (χ0n) is 14.4. The van der Waals surface area contributed by atoms with Crippen LogP contribution in [0.25, 0.3) is 0 Å². The first-order valence-electron chi connectivity index (χ1n) is 7.59. The van der Waals surface area contributed by atoms with Crippen molar-refractivity contribution in [3.05, 3.63) is 0 Å². The summed E-state index contributed by atoms with van der Waals surface area (Å²) in [5.74, 6) is -2.13. The smallest absolute Gasteiger partial charge is 0.328 e. The number of carbonyl (C=O) groups excluding carboxylic acids is 4. The highest BCUT2D eigenvalue weighted by atomic mass is 16.5. The van der Waals surface area contributed by atoms with E-state index in [1.54, 1.807) is 13.8 Å². The molecule has 23 heavy (non-hydrogen) atoms. The third-order valence-corrected chi connectivity index (χ3v) is 3.12. The quantitative estimate of drug-likeness (QED) is 0.608. The van der Waals surface area contributed by atoms with Crippen molar-refractivity contribution in [1.82, 2.24) is 10.2 Å². The summed E-state index contributed by atoms with van der Waals surface area (Å²) in [6, 6.07) is -1.89. The van der Waals surface area contributed by atoms with Crippen molar-refractivity contribution in [2.75, 3.05) is 20.3 Å². The molecule has 0 aliphatic heterocycles. The molecule has 0 bridgehead atoms. The Balaban J connectivity index is 5.28. The molecule has 8 nitrogen and oxygen atoms in total. The summed E-state index contributed by atoms with van der Waals surface area (Å²) in [6.07, 6.45) is 0.311. The average Bonchev–Trinajstić information content (AvgIpc) is 2.50. The zero-order valence-corrected chi connectivity index (χ0v) is 14.4. The Labute approximate surface area is 136 Å². The molecule has 0 rings (SSSR count). The summed E-state index contributed by atoms with van der Waals surface area (Å²) in [5, 5.41) is 2.43. The SMILES string of the molecule is CCCN(C(=O)C(CC(=O)OC)NC(C)=O)C(C)C(=O)OCC. The van der Waals surface area contributed by atoms with Crippen LogP contribution in [-0.4, -0.2) is 61.0 Å².